The number of rotatable bonds is 16. The Morgan fingerprint density at radius 1 is 1.02 bits per heavy atom. The van der Waals surface area contributed by atoms with Gasteiger partial charge in [-0.2, -0.15) is 0 Å². The minimum atomic E-state index is -5.50. The van der Waals surface area contributed by atoms with Gasteiger partial charge in [0.15, 0.2) is 0 Å². The van der Waals surface area contributed by atoms with E-state index >= 15 is 0 Å². The van der Waals surface area contributed by atoms with Crippen LogP contribution in [0.5, 0.6) is 0 Å². The molecule has 8 N–H and O–H groups in total. The number of carbonyl (C=O) groups excluding carboxylic acids is 2. The molecule has 0 unspecified atom stereocenters. The van der Waals surface area contributed by atoms with Crippen LogP contribution in [-0.4, -0.2) is 121 Å². The van der Waals surface area contributed by atoms with Gasteiger partial charge in [-0.1, -0.05) is 12.1 Å². The Morgan fingerprint density at radius 2 is 1.55 bits per heavy atom. The van der Waals surface area contributed by atoms with Gasteiger partial charge in [0.05, 0.1) is 6.04 Å². The number of carbonyl (C=O) groups is 2. The van der Waals surface area contributed by atoms with Crippen LogP contribution in [0, 0.1) is 0 Å². The van der Waals surface area contributed by atoms with Gasteiger partial charge in [0.1, 0.15) is 6.04 Å². The van der Waals surface area contributed by atoms with Gasteiger partial charge in [-0.3, -0.25) is 23.6 Å². The van der Waals surface area contributed by atoms with E-state index in [2.05, 4.69) is 10.2 Å². The monoisotopic (exact) mass is 675 g/mol. The summed E-state index contributed by atoms with van der Waals surface area (Å²) in [6, 6.07) is 5.90. The molecule has 2 atom stereocenters. The first kappa shape index (κ1) is 36.9. The topological polar surface area (TPSA) is 217 Å². The highest BCUT2D eigenvalue weighted by Crippen LogP contribution is 2.69. The summed E-state index contributed by atoms with van der Waals surface area (Å²) in [5, 5.41) is 9.23. The Labute approximate surface area is 255 Å². The molecule has 1 heterocycles. The van der Waals surface area contributed by atoms with Crippen molar-refractivity contribution in [3.05, 3.63) is 29.8 Å². The molecule has 1 aliphatic heterocycles. The van der Waals surface area contributed by atoms with Gasteiger partial charge in [-0.15, -0.1) is 23.2 Å². The summed E-state index contributed by atoms with van der Waals surface area (Å²) < 4.78 is 23.0. The predicted octanol–water partition coefficient (Wildman–Crippen LogP) is 0.271. The molecule has 240 valence electrons. The normalized spacial score (nSPS) is 16.6. The molecule has 0 aliphatic carbocycles. The van der Waals surface area contributed by atoms with E-state index in [4.69, 9.17) is 28.9 Å². The van der Waals surface area contributed by atoms with Gasteiger partial charge in [0.25, 0.3) is 5.08 Å². The van der Waals surface area contributed by atoms with Gasteiger partial charge in [-0.25, -0.2) is 0 Å². The van der Waals surface area contributed by atoms with Gasteiger partial charge >= 0.3 is 15.2 Å². The molecule has 1 fully saturated rings. The van der Waals surface area contributed by atoms with Crippen molar-refractivity contribution in [2.75, 3.05) is 62.5 Å². The summed E-state index contributed by atoms with van der Waals surface area (Å²) in [6.45, 7) is 4.47. The quantitative estimate of drug-likeness (QED) is 0.0928. The average Bonchev–Trinajstić information content (AvgIpc) is 2.92. The first-order valence-corrected chi connectivity index (χ1v) is 17.7. The first-order chi connectivity index (χ1) is 19.5. The zero-order chi connectivity index (χ0) is 31.7. The highest BCUT2D eigenvalue weighted by molar-refractivity contribution is 7.72. The van der Waals surface area contributed by atoms with Crippen molar-refractivity contribution in [2.24, 2.45) is 5.73 Å². The molecular weight excluding hydrogens is 635 g/mol. The summed E-state index contributed by atoms with van der Waals surface area (Å²) in [5.41, 5.74) is 7.93. The van der Waals surface area contributed by atoms with Gasteiger partial charge in [-0.05, 0) is 44.0 Å². The van der Waals surface area contributed by atoms with Gasteiger partial charge in [0.2, 0.25) is 11.8 Å². The van der Waals surface area contributed by atoms with E-state index in [9.17, 15) is 43.4 Å². The molecule has 0 saturated carbocycles. The molecule has 0 bridgehead atoms. The lowest BCUT2D eigenvalue weighted by Crippen LogP contribution is -2.56. The second kappa shape index (κ2) is 16.2. The lowest BCUT2D eigenvalue weighted by molar-refractivity contribution is -0.137. The van der Waals surface area contributed by atoms with Crippen molar-refractivity contribution in [1.82, 2.24) is 15.1 Å². The van der Waals surface area contributed by atoms with Crippen molar-refractivity contribution in [3.63, 3.8) is 0 Å². The van der Waals surface area contributed by atoms with Crippen LogP contribution in [0.1, 0.15) is 25.3 Å². The summed E-state index contributed by atoms with van der Waals surface area (Å²) >= 11 is 11.7. The average molecular weight is 676 g/mol. The third kappa shape index (κ3) is 10.1. The van der Waals surface area contributed by atoms with Crippen LogP contribution < -0.4 is 16.0 Å². The second-order valence-corrected chi connectivity index (χ2v) is 15.0. The van der Waals surface area contributed by atoms with E-state index in [-0.39, 0.29) is 25.3 Å². The third-order valence-electron chi connectivity index (χ3n) is 7.14. The van der Waals surface area contributed by atoms with E-state index in [1.807, 2.05) is 29.2 Å². The van der Waals surface area contributed by atoms with Crippen LogP contribution in [0.4, 0.5) is 5.69 Å². The molecule has 0 radical (unpaired) electrons. The van der Waals surface area contributed by atoms with Crippen molar-refractivity contribution in [3.8, 4) is 0 Å². The minimum absolute atomic E-state index is 0.0904. The van der Waals surface area contributed by atoms with E-state index in [0.717, 1.165) is 11.3 Å². The Bertz CT molecular complexity index is 1100. The summed E-state index contributed by atoms with van der Waals surface area (Å²) in [6.07, 6.45) is -0.614. The number of amides is 2. The standard InChI is InChI=1S/C24H41Cl2N5O9P2/c1-18(28-22(32)21(27)17-19-3-5-20(6-4-19)30(11-8-25)12-9-26)23(33)31-15-13-29(14-16-31)10-2-7-24(34,41(35,36)37)42(38,39)40/h3-6,18,21,34H,2,7-17,27H2,1H3,(H,28,32)(H2,35,36,37)(H2,38,39,40)/t18-,21-/m0/s1. The zero-order valence-corrected chi connectivity index (χ0v) is 26.7. The molecule has 0 spiro atoms. The van der Waals surface area contributed by atoms with Crippen molar-refractivity contribution < 1.29 is 43.4 Å². The molecular formula is C24H41Cl2N5O9P2. The smallest absolute Gasteiger partial charge is 0.369 e. The Balaban J connectivity index is 1.81. The van der Waals surface area contributed by atoms with Crippen LogP contribution in [0.15, 0.2) is 24.3 Å². The number of hydrogen-bond acceptors (Lipinski definition) is 8. The fraction of sp³-hybridized carbons (Fsp3) is 0.667. The lowest BCUT2D eigenvalue weighted by Gasteiger charge is -2.36. The molecule has 1 aliphatic rings. The number of piperazine rings is 1. The van der Waals surface area contributed by atoms with Gasteiger partial charge < -0.3 is 45.5 Å². The summed E-state index contributed by atoms with van der Waals surface area (Å²) in [7, 11) is -11.0. The fourth-order valence-electron chi connectivity index (χ4n) is 4.61. The molecule has 18 heteroatoms. The number of hydrogen-bond donors (Lipinski definition) is 7. The molecule has 1 aromatic rings. The number of anilines is 1. The number of nitrogens with zero attached hydrogens (tertiary/aromatic N) is 3. The Hall–Kier alpha value is -1.28. The Morgan fingerprint density at radius 3 is 2.02 bits per heavy atom. The lowest BCUT2D eigenvalue weighted by atomic mass is 10.0. The maximum absolute atomic E-state index is 12.9. The molecule has 1 aromatic carbocycles. The number of alkyl halides is 2. The maximum Gasteiger partial charge on any atom is 0.369 e. The minimum Gasteiger partial charge on any atom is -0.369 e. The largest absolute Gasteiger partial charge is 0.369 e. The zero-order valence-electron chi connectivity index (χ0n) is 23.4. The number of nitrogens with two attached hydrogens (primary N) is 1. The van der Waals surface area contributed by atoms with Crippen LogP contribution in [0.2, 0.25) is 0 Å². The molecule has 0 aromatic heterocycles. The van der Waals surface area contributed by atoms with E-state index in [0.29, 0.717) is 51.0 Å². The van der Waals surface area contributed by atoms with Crippen molar-refractivity contribution in [2.45, 2.75) is 43.4 Å². The Kier molecular flexibility index (Phi) is 14.2. The first-order valence-electron chi connectivity index (χ1n) is 13.4. The van der Waals surface area contributed by atoms with Crippen LogP contribution in [0.3, 0.4) is 0 Å². The van der Waals surface area contributed by atoms with Crippen LogP contribution in [0.25, 0.3) is 0 Å². The van der Waals surface area contributed by atoms with Gasteiger partial charge in [0, 0.05) is 63.1 Å². The number of aliphatic hydroxyl groups is 1. The highest BCUT2D eigenvalue weighted by Gasteiger charge is 2.58. The summed E-state index contributed by atoms with van der Waals surface area (Å²) in [5.74, 6) is 0.165. The number of benzene rings is 1. The van der Waals surface area contributed by atoms with E-state index in [1.165, 1.54) is 0 Å². The van der Waals surface area contributed by atoms with E-state index < -0.39 is 44.7 Å². The highest BCUT2D eigenvalue weighted by atomic mass is 35.5. The predicted molar refractivity (Wildman–Crippen MR) is 161 cm³/mol. The maximum atomic E-state index is 12.9. The van der Waals surface area contributed by atoms with Crippen molar-refractivity contribution >= 4 is 55.9 Å². The second-order valence-electron chi connectivity index (χ2n) is 10.2. The third-order valence-corrected chi connectivity index (χ3v) is 11.3. The fourth-order valence-corrected chi connectivity index (χ4v) is 7.28. The van der Waals surface area contributed by atoms with Crippen LogP contribution in [-0.2, 0) is 25.1 Å². The molecule has 42 heavy (non-hydrogen) atoms. The van der Waals surface area contributed by atoms with Crippen molar-refractivity contribution in [1.29, 1.82) is 0 Å². The molecule has 2 rings (SSSR count). The van der Waals surface area contributed by atoms with Crippen LogP contribution >= 0.6 is 38.4 Å². The SMILES string of the molecule is C[C@H](NC(=O)[C@@H](N)Cc1ccc(N(CCCl)CCCl)cc1)C(=O)N1CCN(CCCC(O)(P(=O)(O)O)P(=O)(O)O)CC1. The summed E-state index contributed by atoms with van der Waals surface area (Å²) in [4.78, 5) is 68.1. The number of halogens is 2. The van der Waals surface area contributed by atoms with E-state index in [1.54, 1.807) is 11.8 Å². The molecule has 2 amide bonds. The number of nitrogens with one attached hydrogen (secondary N) is 1. The molecule has 14 nitrogen and oxygen atoms in total. The molecule has 1 saturated heterocycles.